The van der Waals surface area contributed by atoms with Crippen LogP contribution in [-0.4, -0.2) is 29.1 Å². The van der Waals surface area contributed by atoms with Crippen molar-refractivity contribution in [2.45, 2.75) is 26.3 Å². The summed E-state index contributed by atoms with van der Waals surface area (Å²) in [7, 11) is 0. The van der Waals surface area contributed by atoms with Crippen molar-refractivity contribution in [3.05, 3.63) is 17.5 Å². The van der Waals surface area contributed by atoms with Crippen LogP contribution in [0.2, 0.25) is 0 Å². The number of nitrogens with one attached hydrogen (secondary N) is 2. The van der Waals surface area contributed by atoms with E-state index in [-0.39, 0.29) is 0 Å². The molecule has 0 bridgehead atoms. The molecule has 1 aromatic rings. The van der Waals surface area contributed by atoms with Gasteiger partial charge in [-0.2, -0.15) is 0 Å². The molecule has 1 fully saturated rings. The van der Waals surface area contributed by atoms with Crippen LogP contribution in [0.3, 0.4) is 0 Å². The first-order chi connectivity index (χ1) is 6.74. The second kappa shape index (κ2) is 3.92. The topological polar surface area (TPSA) is 49.8 Å². The molecule has 0 radical (unpaired) electrons. The highest BCUT2D eigenvalue weighted by Crippen LogP contribution is 2.08. The predicted octanol–water partition coefficient (Wildman–Crippen LogP) is 0.867. The summed E-state index contributed by atoms with van der Waals surface area (Å²) in [6, 6.07) is 2.47. The minimum absolute atomic E-state index is 0.483. The van der Waals surface area contributed by atoms with Crippen LogP contribution >= 0.6 is 0 Å². The maximum Gasteiger partial charge on any atom is 0.223 e. The number of rotatable bonds is 2. The molecular formula is C10H16N4. The third-order valence-corrected chi connectivity index (χ3v) is 2.38. The minimum Gasteiger partial charge on any atom is -0.350 e. The van der Waals surface area contributed by atoms with E-state index < -0.39 is 0 Å². The zero-order valence-corrected chi connectivity index (χ0v) is 8.67. The molecule has 0 saturated carbocycles. The summed E-state index contributed by atoms with van der Waals surface area (Å²) in [5, 5.41) is 6.64. The molecule has 2 N–H and O–H groups in total. The number of aromatic nitrogens is 2. The third-order valence-electron chi connectivity index (χ3n) is 2.38. The molecule has 1 aliphatic rings. The molecular weight excluding hydrogens is 176 g/mol. The van der Waals surface area contributed by atoms with Crippen LogP contribution < -0.4 is 10.6 Å². The van der Waals surface area contributed by atoms with Crippen molar-refractivity contribution in [3.8, 4) is 0 Å². The predicted molar refractivity (Wildman–Crippen MR) is 56.4 cm³/mol. The van der Waals surface area contributed by atoms with E-state index in [0.717, 1.165) is 36.8 Å². The van der Waals surface area contributed by atoms with Gasteiger partial charge in [-0.05, 0) is 32.9 Å². The smallest absolute Gasteiger partial charge is 0.223 e. The van der Waals surface area contributed by atoms with Gasteiger partial charge in [0.05, 0.1) is 0 Å². The van der Waals surface area contributed by atoms with Crippen molar-refractivity contribution >= 4 is 5.95 Å². The quantitative estimate of drug-likeness (QED) is 0.730. The Kier molecular flexibility index (Phi) is 2.63. The van der Waals surface area contributed by atoms with Crippen LogP contribution in [0.15, 0.2) is 6.07 Å². The number of aryl methyl sites for hydroxylation is 2. The van der Waals surface area contributed by atoms with E-state index in [1.807, 2.05) is 19.9 Å². The van der Waals surface area contributed by atoms with Gasteiger partial charge in [-0.25, -0.2) is 9.97 Å². The van der Waals surface area contributed by atoms with Gasteiger partial charge < -0.3 is 10.6 Å². The van der Waals surface area contributed by atoms with Gasteiger partial charge in [-0.3, -0.25) is 0 Å². The molecule has 2 rings (SSSR count). The average Bonchev–Trinajstić information content (AvgIpc) is 2.54. The van der Waals surface area contributed by atoms with Crippen LogP contribution in [0.5, 0.6) is 0 Å². The maximum atomic E-state index is 4.35. The number of hydrogen-bond donors (Lipinski definition) is 2. The van der Waals surface area contributed by atoms with Crippen LogP contribution in [-0.2, 0) is 0 Å². The second-order valence-electron chi connectivity index (χ2n) is 3.81. The fourth-order valence-electron chi connectivity index (χ4n) is 1.75. The molecule has 0 spiro atoms. The zero-order chi connectivity index (χ0) is 9.97. The van der Waals surface area contributed by atoms with Gasteiger partial charge in [0, 0.05) is 24.0 Å². The summed E-state index contributed by atoms with van der Waals surface area (Å²) in [4.78, 5) is 8.70. The van der Waals surface area contributed by atoms with Crippen molar-refractivity contribution in [3.63, 3.8) is 0 Å². The molecule has 1 atom stereocenters. The lowest BCUT2D eigenvalue weighted by atomic mass is 10.3. The molecule has 4 heteroatoms. The maximum absolute atomic E-state index is 4.35. The Morgan fingerprint density at radius 3 is 2.64 bits per heavy atom. The van der Waals surface area contributed by atoms with Crippen molar-refractivity contribution < 1.29 is 0 Å². The monoisotopic (exact) mass is 192 g/mol. The SMILES string of the molecule is Cc1cc(C)nc(N[C@@H]2CCNC2)n1. The third kappa shape index (κ3) is 2.20. The molecule has 2 heterocycles. The van der Waals surface area contributed by atoms with Crippen LogP contribution in [0.1, 0.15) is 17.8 Å². The lowest BCUT2D eigenvalue weighted by Gasteiger charge is -2.11. The van der Waals surface area contributed by atoms with Gasteiger partial charge in [0.25, 0.3) is 0 Å². The Balaban J connectivity index is 2.07. The molecule has 4 nitrogen and oxygen atoms in total. The van der Waals surface area contributed by atoms with Crippen molar-refractivity contribution in [1.29, 1.82) is 0 Å². The van der Waals surface area contributed by atoms with Crippen LogP contribution in [0.25, 0.3) is 0 Å². The fourth-order valence-corrected chi connectivity index (χ4v) is 1.75. The van der Waals surface area contributed by atoms with Gasteiger partial charge in [0.1, 0.15) is 0 Å². The van der Waals surface area contributed by atoms with Gasteiger partial charge in [-0.15, -0.1) is 0 Å². The Morgan fingerprint density at radius 2 is 2.07 bits per heavy atom. The molecule has 0 unspecified atom stereocenters. The minimum atomic E-state index is 0.483. The molecule has 1 aromatic heterocycles. The Hall–Kier alpha value is -1.16. The van der Waals surface area contributed by atoms with Crippen LogP contribution in [0.4, 0.5) is 5.95 Å². The van der Waals surface area contributed by atoms with Crippen molar-refractivity contribution in [2.75, 3.05) is 18.4 Å². The summed E-state index contributed by atoms with van der Waals surface area (Å²) < 4.78 is 0. The molecule has 76 valence electrons. The summed E-state index contributed by atoms with van der Waals surface area (Å²) in [5.74, 6) is 0.760. The Morgan fingerprint density at radius 1 is 1.36 bits per heavy atom. The Bertz CT molecular complexity index is 298. The number of nitrogens with zero attached hydrogens (tertiary/aromatic N) is 2. The lowest BCUT2D eigenvalue weighted by molar-refractivity contribution is 0.777. The van der Waals surface area contributed by atoms with Gasteiger partial charge in [0.2, 0.25) is 5.95 Å². The second-order valence-corrected chi connectivity index (χ2v) is 3.81. The van der Waals surface area contributed by atoms with Gasteiger partial charge >= 0.3 is 0 Å². The fraction of sp³-hybridized carbons (Fsp3) is 0.600. The largest absolute Gasteiger partial charge is 0.350 e. The highest BCUT2D eigenvalue weighted by Gasteiger charge is 2.14. The summed E-state index contributed by atoms with van der Waals surface area (Å²) in [6.07, 6.45) is 1.15. The van der Waals surface area contributed by atoms with E-state index in [4.69, 9.17) is 0 Å². The van der Waals surface area contributed by atoms with E-state index in [2.05, 4.69) is 20.6 Å². The summed E-state index contributed by atoms with van der Waals surface area (Å²) in [5.41, 5.74) is 2.04. The van der Waals surface area contributed by atoms with Crippen LogP contribution in [0, 0.1) is 13.8 Å². The first-order valence-corrected chi connectivity index (χ1v) is 5.03. The Labute approximate surface area is 84.2 Å². The standard InChI is InChI=1S/C10H16N4/c1-7-5-8(2)13-10(12-7)14-9-3-4-11-6-9/h5,9,11H,3-4,6H2,1-2H3,(H,12,13,14)/t9-/m1/s1. The first kappa shape index (κ1) is 9.40. The molecule has 14 heavy (non-hydrogen) atoms. The number of hydrogen-bond acceptors (Lipinski definition) is 4. The van der Waals surface area contributed by atoms with Gasteiger partial charge in [-0.1, -0.05) is 0 Å². The van der Waals surface area contributed by atoms with E-state index in [1.165, 1.54) is 0 Å². The lowest BCUT2D eigenvalue weighted by Crippen LogP contribution is -2.23. The molecule has 1 aliphatic heterocycles. The van der Waals surface area contributed by atoms with E-state index in [1.54, 1.807) is 0 Å². The molecule has 0 amide bonds. The van der Waals surface area contributed by atoms with Crippen molar-refractivity contribution in [2.24, 2.45) is 0 Å². The molecule has 1 saturated heterocycles. The highest BCUT2D eigenvalue weighted by atomic mass is 15.1. The number of anilines is 1. The first-order valence-electron chi connectivity index (χ1n) is 5.03. The van der Waals surface area contributed by atoms with Gasteiger partial charge in [0.15, 0.2) is 0 Å². The van der Waals surface area contributed by atoms with E-state index in [9.17, 15) is 0 Å². The molecule has 0 aromatic carbocycles. The highest BCUT2D eigenvalue weighted by molar-refractivity contribution is 5.29. The van der Waals surface area contributed by atoms with Crippen molar-refractivity contribution in [1.82, 2.24) is 15.3 Å². The normalized spacial score (nSPS) is 21.1. The average molecular weight is 192 g/mol. The summed E-state index contributed by atoms with van der Waals surface area (Å²) >= 11 is 0. The van der Waals surface area contributed by atoms with E-state index >= 15 is 0 Å². The zero-order valence-electron chi connectivity index (χ0n) is 8.67. The summed E-state index contributed by atoms with van der Waals surface area (Å²) in [6.45, 7) is 6.08. The molecule has 0 aliphatic carbocycles. The van der Waals surface area contributed by atoms with E-state index in [0.29, 0.717) is 6.04 Å².